The summed E-state index contributed by atoms with van der Waals surface area (Å²) in [6.07, 6.45) is 0. The third kappa shape index (κ3) is 3.58. The third-order valence-corrected chi connectivity index (χ3v) is 4.26. The quantitative estimate of drug-likeness (QED) is 0.428. The largest absolute Gasteiger partial charge is 0.454 e. The first-order valence-electron chi connectivity index (χ1n) is 7.06. The standard InChI is InChI=1S/C17H18INO3/c1-4-19-11(2)8-15(12(19)3)16(20)10-22-17(21)13-6-5-7-14(18)9-13/h5-9H,4,10H2,1-3H3. The summed E-state index contributed by atoms with van der Waals surface area (Å²) < 4.78 is 8.15. The number of halogens is 1. The van der Waals surface area contributed by atoms with E-state index >= 15 is 0 Å². The first-order chi connectivity index (χ1) is 10.4. The number of ketones is 1. The lowest BCUT2D eigenvalue weighted by Gasteiger charge is -2.06. The van der Waals surface area contributed by atoms with E-state index in [1.807, 2.05) is 32.9 Å². The highest BCUT2D eigenvalue weighted by molar-refractivity contribution is 14.1. The highest BCUT2D eigenvalue weighted by atomic mass is 127. The van der Waals surface area contributed by atoms with Crippen molar-refractivity contribution in [3.05, 3.63) is 56.4 Å². The molecule has 4 nitrogen and oxygen atoms in total. The Morgan fingerprint density at radius 1 is 1.23 bits per heavy atom. The fourth-order valence-corrected chi connectivity index (χ4v) is 3.02. The number of carbonyl (C=O) groups excluding carboxylic acids is 2. The minimum atomic E-state index is -0.476. The lowest BCUT2D eigenvalue weighted by atomic mass is 10.1. The van der Waals surface area contributed by atoms with Crippen LogP contribution in [-0.2, 0) is 11.3 Å². The Labute approximate surface area is 143 Å². The number of ether oxygens (including phenoxy) is 1. The molecule has 1 aromatic carbocycles. The number of hydrogen-bond acceptors (Lipinski definition) is 3. The van der Waals surface area contributed by atoms with Crippen LogP contribution >= 0.6 is 22.6 Å². The predicted molar refractivity (Wildman–Crippen MR) is 93.4 cm³/mol. The van der Waals surface area contributed by atoms with Crippen molar-refractivity contribution in [3.63, 3.8) is 0 Å². The molecule has 0 bridgehead atoms. The number of carbonyl (C=O) groups is 2. The minimum absolute atomic E-state index is 0.174. The highest BCUT2D eigenvalue weighted by Gasteiger charge is 2.17. The number of nitrogens with zero attached hydrogens (tertiary/aromatic N) is 1. The molecule has 1 heterocycles. The van der Waals surface area contributed by atoms with E-state index in [1.165, 1.54) is 0 Å². The van der Waals surface area contributed by atoms with Gasteiger partial charge >= 0.3 is 5.97 Å². The van der Waals surface area contributed by atoms with Crippen LogP contribution in [0.2, 0.25) is 0 Å². The lowest BCUT2D eigenvalue weighted by molar-refractivity contribution is 0.0474. The maximum atomic E-state index is 12.3. The third-order valence-electron chi connectivity index (χ3n) is 3.58. The van der Waals surface area contributed by atoms with E-state index in [1.54, 1.807) is 18.2 Å². The Balaban J connectivity index is 2.06. The molecule has 5 heteroatoms. The van der Waals surface area contributed by atoms with Crippen LogP contribution in [0.4, 0.5) is 0 Å². The zero-order chi connectivity index (χ0) is 16.3. The Hall–Kier alpha value is -1.63. The second kappa shape index (κ2) is 7.09. The van der Waals surface area contributed by atoms with Crippen molar-refractivity contribution in [3.8, 4) is 0 Å². The molecule has 1 aromatic heterocycles. The average molecular weight is 411 g/mol. The van der Waals surface area contributed by atoms with Crippen molar-refractivity contribution in [1.82, 2.24) is 4.57 Å². The summed E-state index contributed by atoms with van der Waals surface area (Å²) in [5.74, 6) is -0.650. The lowest BCUT2D eigenvalue weighted by Crippen LogP contribution is -2.15. The van der Waals surface area contributed by atoms with E-state index in [4.69, 9.17) is 4.74 Å². The summed E-state index contributed by atoms with van der Waals surface area (Å²) in [4.78, 5) is 24.2. The molecule has 22 heavy (non-hydrogen) atoms. The SMILES string of the molecule is CCn1c(C)cc(C(=O)COC(=O)c2cccc(I)c2)c1C. The van der Waals surface area contributed by atoms with Crippen LogP contribution in [0.5, 0.6) is 0 Å². The van der Waals surface area contributed by atoms with Gasteiger partial charge in [-0.25, -0.2) is 4.79 Å². The Morgan fingerprint density at radius 3 is 2.55 bits per heavy atom. The van der Waals surface area contributed by atoms with Crippen LogP contribution in [0.1, 0.15) is 39.0 Å². The molecular weight excluding hydrogens is 393 g/mol. The molecule has 0 spiro atoms. The van der Waals surface area contributed by atoms with Gasteiger partial charge in [0.2, 0.25) is 5.78 Å². The van der Waals surface area contributed by atoms with Gasteiger partial charge in [-0.2, -0.15) is 0 Å². The molecule has 0 fully saturated rings. The van der Waals surface area contributed by atoms with Crippen molar-refractivity contribution >= 4 is 34.3 Å². The predicted octanol–water partition coefficient (Wildman–Crippen LogP) is 3.77. The maximum Gasteiger partial charge on any atom is 0.338 e. The number of aromatic nitrogens is 1. The van der Waals surface area contributed by atoms with Crippen molar-refractivity contribution < 1.29 is 14.3 Å². The molecule has 2 aromatic rings. The molecule has 0 radical (unpaired) electrons. The van der Waals surface area contributed by atoms with Crippen molar-refractivity contribution in [2.24, 2.45) is 0 Å². The summed E-state index contributed by atoms with van der Waals surface area (Å²) in [7, 11) is 0. The number of rotatable bonds is 5. The molecule has 2 rings (SSSR count). The molecule has 0 aliphatic carbocycles. The topological polar surface area (TPSA) is 48.3 Å². The summed E-state index contributed by atoms with van der Waals surface area (Å²) >= 11 is 2.13. The Bertz CT molecular complexity index is 719. The van der Waals surface area contributed by atoms with Gasteiger partial charge in [0.05, 0.1) is 5.56 Å². The first-order valence-corrected chi connectivity index (χ1v) is 8.14. The van der Waals surface area contributed by atoms with Gasteiger partial charge in [0, 0.05) is 27.1 Å². The number of benzene rings is 1. The van der Waals surface area contributed by atoms with Gasteiger partial charge in [-0.05, 0) is 67.6 Å². The van der Waals surface area contributed by atoms with Gasteiger partial charge in [0.1, 0.15) is 0 Å². The van der Waals surface area contributed by atoms with E-state index in [9.17, 15) is 9.59 Å². The van der Waals surface area contributed by atoms with E-state index < -0.39 is 5.97 Å². The average Bonchev–Trinajstić information content (AvgIpc) is 2.78. The number of hydrogen-bond donors (Lipinski definition) is 0. The van der Waals surface area contributed by atoms with Gasteiger partial charge < -0.3 is 9.30 Å². The molecule has 0 aliphatic heterocycles. The van der Waals surface area contributed by atoms with Crippen LogP contribution in [0.15, 0.2) is 30.3 Å². The summed E-state index contributed by atoms with van der Waals surface area (Å²) in [6, 6.07) is 8.94. The van der Waals surface area contributed by atoms with Crippen molar-refractivity contribution in [2.45, 2.75) is 27.3 Å². The van der Waals surface area contributed by atoms with E-state index in [2.05, 4.69) is 27.2 Å². The molecular formula is C17H18INO3. The zero-order valence-electron chi connectivity index (χ0n) is 12.9. The smallest absolute Gasteiger partial charge is 0.338 e. The number of esters is 1. The maximum absolute atomic E-state index is 12.3. The van der Waals surface area contributed by atoms with E-state index in [0.717, 1.165) is 21.5 Å². The summed E-state index contributed by atoms with van der Waals surface area (Å²) in [5.41, 5.74) is 3.02. The second-order valence-electron chi connectivity index (χ2n) is 5.04. The van der Waals surface area contributed by atoms with Gasteiger partial charge in [0.25, 0.3) is 0 Å². The van der Waals surface area contributed by atoms with Crippen molar-refractivity contribution in [1.29, 1.82) is 0 Å². The molecule has 0 atom stereocenters. The van der Waals surface area contributed by atoms with Crippen molar-refractivity contribution in [2.75, 3.05) is 6.61 Å². The number of aryl methyl sites for hydroxylation is 1. The summed E-state index contributed by atoms with van der Waals surface area (Å²) in [5, 5.41) is 0. The monoisotopic (exact) mass is 411 g/mol. The number of Topliss-reactive ketones (excluding diaryl/α,β-unsaturated/α-hetero) is 1. The minimum Gasteiger partial charge on any atom is -0.454 e. The molecule has 0 N–H and O–H groups in total. The highest BCUT2D eigenvalue weighted by Crippen LogP contribution is 2.16. The Morgan fingerprint density at radius 2 is 1.95 bits per heavy atom. The van der Waals surface area contributed by atoms with Crippen LogP contribution in [0.3, 0.4) is 0 Å². The molecule has 0 saturated carbocycles. The van der Waals surface area contributed by atoms with Crippen LogP contribution in [-0.4, -0.2) is 22.9 Å². The molecule has 116 valence electrons. The molecule has 0 unspecified atom stereocenters. The van der Waals surface area contributed by atoms with Gasteiger partial charge in [-0.3, -0.25) is 4.79 Å². The Kier molecular flexibility index (Phi) is 5.39. The van der Waals surface area contributed by atoms with Gasteiger partial charge in [-0.1, -0.05) is 6.07 Å². The fourth-order valence-electron chi connectivity index (χ4n) is 2.48. The fraction of sp³-hybridized carbons (Fsp3) is 0.294. The first kappa shape index (κ1) is 16.7. The molecule has 0 aliphatic rings. The van der Waals surface area contributed by atoms with Crippen LogP contribution in [0.25, 0.3) is 0 Å². The van der Waals surface area contributed by atoms with Gasteiger partial charge in [0.15, 0.2) is 6.61 Å². The molecule has 0 amide bonds. The van der Waals surface area contributed by atoms with Crippen LogP contribution < -0.4 is 0 Å². The van der Waals surface area contributed by atoms with Crippen LogP contribution in [0, 0.1) is 17.4 Å². The zero-order valence-corrected chi connectivity index (χ0v) is 15.0. The molecule has 0 saturated heterocycles. The second-order valence-corrected chi connectivity index (χ2v) is 6.28. The van der Waals surface area contributed by atoms with Gasteiger partial charge in [-0.15, -0.1) is 0 Å². The normalized spacial score (nSPS) is 10.5. The van der Waals surface area contributed by atoms with E-state index in [0.29, 0.717) is 11.1 Å². The van der Waals surface area contributed by atoms with E-state index in [-0.39, 0.29) is 12.4 Å². The summed E-state index contributed by atoms with van der Waals surface area (Å²) in [6.45, 7) is 6.48.